The fraction of sp³-hybridized carbons (Fsp3) is 0.900. The number of halogens is 1. The third kappa shape index (κ3) is 4.29. The minimum Gasteiger partial charge on any atom is -0.339 e. The van der Waals surface area contributed by atoms with Gasteiger partial charge in [-0.3, -0.25) is 4.79 Å². The van der Waals surface area contributed by atoms with Crippen molar-refractivity contribution in [2.24, 2.45) is 0 Å². The van der Waals surface area contributed by atoms with Gasteiger partial charge in [0.2, 0.25) is 5.91 Å². The van der Waals surface area contributed by atoms with E-state index >= 15 is 0 Å². The zero-order chi connectivity index (χ0) is 12.2. The first-order chi connectivity index (χ1) is 7.44. The molecule has 0 aromatic heterocycles. The third-order valence-corrected chi connectivity index (χ3v) is 3.79. The van der Waals surface area contributed by atoms with Crippen molar-refractivity contribution in [2.75, 3.05) is 24.4 Å². The Bertz CT molecular complexity index is 338. The Balaban J connectivity index is 2.56. The van der Waals surface area contributed by atoms with E-state index in [0.717, 1.165) is 25.5 Å². The van der Waals surface area contributed by atoms with Crippen LogP contribution in [0.3, 0.4) is 0 Å². The molecule has 0 aromatic rings. The second kappa shape index (κ2) is 5.87. The minimum atomic E-state index is -3.24. The summed E-state index contributed by atoms with van der Waals surface area (Å²) in [5, 5.41) is 0. The topological polar surface area (TPSA) is 54.5 Å². The summed E-state index contributed by atoms with van der Waals surface area (Å²) in [6, 6.07) is 0.234. The Morgan fingerprint density at radius 1 is 1.44 bits per heavy atom. The molecule has 0 heterocycles. The average molecular weight is 268 g/mol. The highest BCUT2D eigenvalue weighted by Crippen LogP contribution is 2.25. The van der Waals surface area contributed by atoms with E-state index in [1.165, 1.54) is 0 Å². The van der Waals surface area contributed by atoms with Gasteiger partial charge in [0, 0.05) is 24.7 Å². The van der Waals surface area contributed by atoms with E-state index in [0.29, 0.717) is 18.8 Å². The Labute approximate surface area is 102 Å². The molecule has 0 atom stereocenters. The van der Waals surface area contributed by atoms with Gasteiger partial charge in [0.05, 0.1) is 0 Å². The molecule has 0 aliphatic heterocycles. The maximum Gasteiger partial charge on any atom is 0.238 e. The Kier molecular flexibility index (Phi) is 5.05. The first kappa shape index (κ1) is 13.8. The Hall–Kier alpha value is -0.290. The summed E-state index contributed by atoms with van der Waals surface area (Å²) in [4.78, 5) is 13.5. The van der Waals surface area contributed by atoms with E-state index in [1.807, 2.05) is 0 Å². The van der Waals surface area contributed by atoms with Crippen LogP contribution in [0.2, 0.25) is 0 Å². The van der Waals surface area contributed by atoms with Gasteiger partial charge in [-0.15, -0.1) is 11.6 Å². The van der Waals surface area contributed by atoms with Crippen molar-refractivity contribution < 1.29 is 13.2 Å². The molecule has 0 N–H and O–H groups in total. The van der Waals surface area contributed by atoms with Crippen LogP contribution >= 0.6 is 11.6 Å². The van der Waals surface area contributed by atoms with Crippen LogP contribution in [0.15, 0.2) is 0 Å². The monoisotopic (exact) mass is 267 g/mol. The molecule has 16 heavy (non-hydrogen) atoms. The number of carbonyl (C=O) groups is 1. The van der Waals surface area contributed by atoms with Crippen LogP contribution in [0.25, 0.3) is 0 Å². The highest BCUT2D eigenvalue weighted by molar-refractivity contribution is 7.91. The summed E-state index contributed by atoms with van der Waals surface area (Å²) in [7, 11) is -3.24. The summed E-state index contributed by atoms with van der Waals surface area (Å²) in [6.45, 7) is 0.572. The molecule has 1 fully saturated rings. The Morgan fingerprint density at radius 2 is 2.06 bits per heavy atom. The quantitative estimate of drug-likeness (QED) is 0.676. The van der Waals surface area contributed by atoms with E-state index in [2.05, 4.69) is 0 Å². The van der Waals surface area contributed by atoms with Crippen molar-refractivity contribution in [1.29, 1.82) is 0 Å². The fourth-order valence-electron chi connectivity index (χ4n) is 1.75. The molecule has 1 aliphatic carbocycles. The molecule has 0 unspecified atom stereocenters. The largest absolute Gasteiger partial charge is 0.339 e. The van der Waals surface area contributed by atoms with Gasteiger partial charge < -0.3 is 4.90 Å². The van der Waals surface area contributed by atoms with Crippen molar-refractivity contribution in [3.05, 3.63) is 0 Å². The molecule has 1 rings (SSSR count). The predicted octanol–water partition coefficient (Wildman–Crippen LogP) is 1.04. The lowest BCUT2D eigenvalue weighted by Crippen LogP contribution is -2.47. The van der Waals surface area contributed by atoms with Crippen LogP contribution in [0.5, 0.6) is 0 Å². The van der Waals surface area contributed by atoms with E-state index in [1.54, 1.807) is 4.90 Å². The molecule has 1 amide bonds. The highest BCUT2D eigenvalue weighted by atomic mass is 35.5. The molecular weight excluding hydrogens is 250 g/mol. The van der Waals surface area contributed by atoms with E-state index < -0.39 is 9.84 Å². The number of amides is 1. The molecule has 6 heteroatoms. The van der Waals surface area contributed by atoms with Crippen LogP contribution < -0.4 is 0 Å². The molecule has 0 radical (unpaired) electrons. The molecule has 0 bridgehead atoms. The maximum absolute atomic E-state index is 11.8. The van der Waals surface area contributed by atoms with Crippen molar-refractivity contribution in [1.82, 2.24) is 4.90 Å². The van der Waals surface area contributed by atoms with Crippen LogP contribution in [0, 0.1) is 0 Å². The number of hydrogen-bond acceptors (Lipinski definition) is 3. The number of rotatable bonds is 6. The number of carbonyl (C=O) groups excluding carboxylic acids is 1. The third-order valence-electron chi connectivity index (χ3n) is 2.75. The summed E-state index contributed by atoms with van der Waals surface area (Å²) < 4.78 is 22.2. The van der Waals surface area contributed by atoms with Crippen molar-refractivity contribution >= 4 is 27.3 Å². The van der Waals surface area contributed by atoms with Crippen LogP contribution in [-0.4, -0.2) is 49.7 Å². The van der Waals surface area contributed by atoms with Crippen molar-refractivity contribution in [3.63, 3.8) is 0 Å². The first-order valence-corrected chi connectivity index (χ1v) is 8.06. The molecule has 0 saturated heterocycles. The molecular formula is C10H18ClNO3S. The lowest BCUT2D eigenvalue weighted by molar-refractivity contribution is -0.132. The lowest BCUT2D eigenvalue weighted by Gasteiger charge is -2.37. The van der Waals surface area contributed by atoms with Gasteiger partial charge in [-0.25, -0.2) is 8.42 Å². The van der Waals surface area contributed by atoms with Gasteiger partial charge in [-0.1, -0.05) is 0 Å². The summed E-state index contributed by atoms with van der Waals surface area (Å²) >= 11 is 5.59. The second-order valence-electron chi connectivity index (χ2n) is 4.28. The summed E-state index contributed by atoms with van der Waals surface area (Å²) in [6.07, 6.45) is 4.89. The lowest BCUT2D eigenvalue weighted by atomic mass is 9.91. The van der Waals surface area contributed by atoms with Gasteiger partial charge >= 0.3 is 0 Å². The Morgan fingerprint density at radius 3 is 2.44 bits per heavy atom. The number of nitrogens with zero attached hydrogens (tertiary/aromatic N) is 1. The van der Waals surface area contributed by atoms with Crippen LogP contribution in [0.1, 0.15) is 25.7 Å². The fourth-order valence-corrected chi connectivity index (χ4v) is 2.48. The van der Waals surface area contributed by atoms with Gasteiger partial charge in [0.25, 0.3) is 0 Å². The summed E-state index contributed by atoms with van der Waals surface area (Å²) in [5.41, 5.74) is 0. The first-order valence-electron chi connectivity index (χ1n) is 5.47. The van der Waals surface area contributed by atoms with Gasteiger partial charge in [-0.05, 0) is 25.7 Å². The maximum atomic E-state index is 11.8. The van der Waals surface area contributed by atoms with Crippen LogP contribution in [0.4, 0.5) is 0 Å². The van der Waals surface area contributed by atoms with Crippen LogP contribution in [-0.2, 0) is 14.6 Å². The summed E-state index contributed by atoms with van der Waals surface area (Å²) in [5.74, 6) is -0.168. The minimum absolute atomic E-state index is 0.234. The van der Waals surface area contributed by atoms with Crippen molar-refractivity contribution in [3.8, 4) is 0 Å². The molecule has 1 aliphatic rings. The number of hydrogen-bond donors (Lipinski definition) is 0. The molecule has 0 spiro atoms. The normalized spacial score (nSPS) is 16.9. The van der Waals surface area contributed by atoms with Gasteiger partial charge in [0.15, 0.2) is 9.84 Å². The molecule has 4 nitrogen and oxygen atoms in total. The molecule has 94 valence electrons. The predicted molar refractivity (Wildman–Crippen MR) is 64.4 cm³/mol. The van der Waals surface area contributed by atoms with E-state index in [9.17, 15) is 13.2 Å². The number of sulfone groups is 1. The SMILES string of the molecule is CS(=O)(=O)CC(=O)N(CCCCl)C1CCC1. The second-order valence-corrected chi connectivity index (χ2v) is 6.80. The standard InChI is InChI=1S/C10H18ClNO3S/c1-16(14,15)8-10(13)12(7-3-6-11)9-4-2-5-9/h9H,2-8H2,1H3. The van der Waals surface area contributed by atoms with Gasteiger partial charge in [-0.2, -0.15) is 0 Å². The average Bonchev–Trinajstić information content (AvgIpc) is 2.05. The highest BCUT2D eigenvalue weighted by Gasteiger charge is 2.29. The van der Waals surface area contributed by atoms with Gasteiger partial charge in [0.1, 0.15) is 5.75 Å². The number of alkyl halides is 1. The molecule has 1 saturated carbocycles. The molecule has 0 aromatic carbocycles. The van der Waals surface area contributed by atoms with E-state index in [4.69, 9.17) is 11.6 Å². The zero-order valence-corrected chi connectivity index (χ0v) is 11.1. The smallest absolute Gasteiger partial charge is 0.238 e. The van der Waals surface area contributed by atoms with E-state index in [-0.39, 0.29) is 17.7 Å². The zero-order valence-electron chi connectivity index (χ0n) is 9.49. The van der Waals surface area contributed by atoms with Crippen molar-refractivity contribution in [2.45, 2.75) is 31.7 Å².